The number of thiocarbonyl (C=S) groups is 1. The number of aromatic nitrogens is 1. The van der Waals surface area contributed by atoms with Crippen LogP contribution in [0.4, 0.5) is 11.5 Å². The van der Waals surface area contributed by atoms with E-state index < -0.39 is 0 Å². The predicted octanol–water partition coefficient (Wildman–Crippen LogP) is 4.00. The minimum absolute atomic E-state index is 0.491. The second kappa shape index (κ2) is 6.33. The molecule has 0 saturated heterocycles. The maximum atomic E-state index is 5.19. The lowest BCUT2D eigenvalue weighted by Gasteiger charge is -2.11. The van der Waals surface area contributed by atoms with E-state index in [0.29, 0.717) is 16.8 Å². The number of anilines is 2. The molecule has 0 aliphatic heterocycles. The molecule has 0 amide bonds. The van der Waals surface area contributed by atoms with Gasteiger partial charge in [0.2, 0.25) is 0 Å². The van der Waals surface area contributed by atoms with Gasteiger partial charge in [-0.15, -0.1) is 0 Å². The molecule has 1 unspecified atom stereocenters. The molecular weight excluding hydrogens is 258 g/mol. The summed E-state index contributed by atoms with van der Waals surface area (Å²) in [5.41, 5.74) is 2.29. The topological polar surface area (TPSA) is 50.1 Å². The van der Waals surface area contributed by atoms with E-state index in [2.05, 4.69) is 41.8 Å². The summed E-state index contributed by atoms with van der Waals surface area (Å²) in [7, 11) is 0. The van der Waals surface area contributed by atoms with Crippen molar-refractivity contribution in [3.8, 4) is 0 Å². The molecule has 1 atom stereocenters. The SMILES string of the molecule is CCC(C)c1ccc(NC(=S)Nc2ccon2)cc1. The number of hydrogen-bond donors (Lipinski definition) is 2. The van der Waals surface area contributed by atoms with Crippen LogP contribution in [0.25, 0.3) is 0 Å². The first kappa shape index (κ1) is 13.5. The van der Waals surface area contributed by atoms with Crippen LogP contribution >= 0.6 is 12.2 Å². The standard InChI is InChI=1S/C14H17N3OS/c1-3-10(2)11-4-6-12(7-5-11)15-14(19)16-13-8-9-18-17-13/h4-10H,3H2,1-2H3,(H2,15,16,17,19). The summed E-state index contributed by atoms with van der Waals surface area (Å²) in [5, 5.41) is 10.3. The summed E-state index contributed by atoms with van der Waals surface area (Å²) in [5.74, 6) is 1.17. The third-order valence-electron chi connectivity index (χ3n) is 3.03. The van der Waals surface area contributed by atoms with E-state index in [9.17, 15) is 0 Å². The Morgan fingerprint density at radius 3 is 2.58 bits per heavy atom. The normalized spacial score (nSPS) is 11.9. The van der Waals surface area contributed by atoms with Crippen molar-refractivity contribution in [2.24, 2.45) is 0 Å². The first-order valence-electron chi connectivity index (χ1n) is 6.27. The molecule has 100 valence electrons. The Morgan fingerprint density at radius 2 is 2.00 bits per heavy atom. The third kappa shape index (κ3) is 3.79. The van der Waals surface area contributed by atoms with E-state index in [-0.39, 0.29) is 0 Å². The van der Waals surface area contributed by atoms with E-state index in [0.717, 1.165) is 12.1 Å². The van der Waals surface area contributed by atoms with Crippen LogP contribution in [0, 0.1) is 0 Å². The minimum atomic E-state index is 0.491. The Kier molecular flexibility index (Phi) is 4.52. The largest absolute Gasteiger partial charge is 0.363 e. The zero-order valence-corrected chi connectivity index (χ0v) is 11.8. The third-order valence-corrected chi connectivity index (χ3v) is 3.23. The fourth-order valence-electron chi connectivity index (χ4n) is 1.69. The molecule has 19 heavy (non-hydrogen) atoms. The Morgan fingerprint density at radius 1 is 1.26 bits per heavy atom. The molecule has 2 rings (SSSR count). The van der Waals surface area contributed by atoms with Crippen molar-refractivity contribution in [3.63, 3.8) is 0 Å². The van der Waals surface area contributed by atoms with Crippen LogP contribution in [0.2, 0.25) is 0 Å². The molecule has 0 aliphatic carbocycles. The summed E-state index contributed by atoms with van der Waals surface area (Å²) in [6.45, 7) is 4.41. The van der Waals surface area contributed by atoms with Crippen molar-refractivity contribution in [2.45, 2.75) is 26.2 Å². The first-order chi connectivity index (χ1) is 9.19. The fraction of sp³-hybridized carbons (Fsp3) is 0.286. The Hall–Kier alpha value is -1.88. The van der Waals surface area contributed by atoms with Gasteiger partial charge in [-0.05, 0) is 42.3 Å². The zero-order chi connectivity index (χ0) is 13.7. The van der Waals surface area contributed by atoms with Crippen molar-refractivity contribution < 1.29 is 4.52 Å². The smallest absolute Gasteiger partial charge is 0.176 e. The van der Waals surface area contributed by atoms with Crippen molar-refractivity contribution in [2.75, 3.05) is 10.6 Å². The van der Waals surface area contributed by atoms with Crippen LogP contribution < -0.4 is 10.6 Å². The van der Waals surface area contributed by atoms with Gasteiger partial charge in [-0.1, -0.05) is 31.1 Å². The number of rotatable bonds is 4. The Labute approximate surface area is 118 Å². The van der Waals surface area contributed by atoms with Crippen molar-refractivity contribution in [1.82, 2.24) is 5.16 Å². The molecule has 1 heterocycles. The average Bonchev–Trinajstić information content (AvgIpc) is 2.91. The molecule has 0 fully saturated rings. The van der Waals surface area contributed by atoms with E-state index in [1.807, 2.05) is 12.1 Å². The number of nitrogens with zero attached hydrogens (tertiary/aromatic N) is 1. The lowest BCUT2D eigenvalue weighted by molar-refractivity contribution is 0.423. The van der Waals surface area contributed by atoms with Crippen LogP contribution in [0.15, 0.2) is 41.1 Å². The highest BCUT2D eigenvalue weighted by Crippen LogP contribution is 2.20. The number of benzene rings is 1. The van der Waals surface area contributed by atoms with E-state index >= 15 is 0 Å². The minimum Gasteiger partial charge on any atom is -0.363 e. The van der Waals surface area contributed by atoms with Crippen LogP contribution in [-0.4, -0.2) is 10.3 Å². The molecule has 0 bridgehead atoms. The van der Waals surface area contributed by atoms with Gasteiger partial charge in [0.25, 0.3) is 0 Å². The molecule has 0 radical (unpaired) electrons. The second-order valence-electron chi connectivity index (χ2n) is 4.40. The molecular formula is C14H17N3OS. The maximum absolute atomic E-state index is 5.19. The maximum Gasteiger partial charge on any atom is 0.176 e. The summed E-state index contributed by atoms with van der Waals surface area (Å²) < 4.78 is 4.72. The van der Waals surface area contributed by atoms with Crippen LogP contribution in [-0.2, 0) is 0 Å². The van der Waals surface area contributed by atoms with Gasteiger partial charge in [-0.2, -0.15) is 0 Å². The molecule has 1 aromatic heterocycles. The summed E-state index contributed by atoms with van der Waals surface area (Å²) in [4.78, 5) is 0. The Bertz CT molecular complexity index is 522. The second-order valence-corrected chi connectivity index (χ2v) is 4.80. The summed E-state index contributed by atoms with van der Waals surface area (Å²) >= 11 is 5.19. The van der Waals surface area contributed by atoms with Gasteiger partial charge in [0, 0.05) is 11.8 Å². The highest BCUT2D eigenvalue weighted by molar-refractivity contribution is 7.80. The fourth-order valence-corrected chi connectivity index (χ4v) is 1.91. The summed E-state index contributed by atoms with van der Waals surface area (Å²) in [6, 6.07) is 10.0. The number of hydrogen-bond acceptors (Lipinski definition) is 3. The highest BCUT2D eigenvalue weighted by Gasteiger charge is 2.04. The number of nitrogens with one attached hydrogen (secondary N) is 2. The quantitative estimate of drug-likeness (QED) is 0.826. The molecule has 0 aliphatic rings. The highest BCUT2D eigenvalue weighted by atomic mass is 32.1. The van der Waals surface area contributed by atoms with Gasteiger partial charge in [-0.25, -0.2) is 0 Å². The van der Waals surface area contributed by atoms with Crippen molar-refractivity contribution in [1.29, 1.82) is 0 Å². The van der Waals surface area contributed by atoms with Gasteiger partial charge >= 0.3 is 0 Å². The summed E-state index contributed by atoms with van der Waals surface area (Å²) in [6.07, 6.45) is 2.63. The monoisotopic (exact) mass is 275 g/mol. The molecule has 5 heteroatoms. The zero-order valence-electron chi connectivity index (χ0n) is 11.0. The van der Waals surface area contributed by atoms with E-state index in [4.69, 9.17) is 16.7 Å². The van der Waals surface area contributed by atoms with Gasteiger partial charge in [0.15, 0.2) is 10.9 Å². The first-order valence-corrected chi connectivity index (χ1v) is 6.68. The van der Waals surface area contributed by atoms with Gasteiger partial charge in [-0.3, -0.25) is 0 Å². The molecule has 0 saturated carbocycles. The van der Waals surface area contributed by atoms with E-state index in [1.54, 1.807) is 6.07 Å². The molecule has 0 spiro atoms. The molecule has 4 nitrogen and oxygen atoms in total. The van der Waals surface area contributed by atoms with Crippen molar-refractivity contribution >= 4 is 28.8 Å². The van der Waals surface area contributed by atoms with Crippen LogP contribution in [0.5, 0.6) is 0 Å². The molecule has 1 aromatic carbocycles. The lowest BCUT2D eigenvalue weighted by Crippen LogP contribution is -2.19. The molecule has 2 aromatic rings. The molecule has 2 N–H and O–H groups in total. The van der Waals surface area contributed by atoms with Gasteiger partial charge in [0.1, 0.15) is 6.26 Å². The van der Waals surface area contributed by atoms with Crippen molar-refractivity contribution in [3.05, 3.63) is 42.2 Å². The van der Waals surface area contributed by atoms with E-state index in [1.165, 1.54) is 11.8 Å². The average molecular weight is 275 g/mol. The lowest BCUT2D eigenvalue weighted by atomic mass is 9.99. The predicted molar refractivity (Wildman–Crippen MR) is 81.5 cm³/mol. The van der Waals surface area contributed by atoms with Crippen LogP contribution in [0.1, 0.15) is 31.7 Å². The van der Waals surface area contributed by atoms with Crippen LogP contribution in [0.3, 0.4) is 0 Å². The van der Waals surface area contributed by atoms with Gasteiger partial charge < -0.3 is 15.2 Å². The van der Waals surface area contributed by atoms with Gasteiger partial charge in [0.05, 0.1) is 0 Å². The Balaban J connectivity index is 1.94.